The van der Waals surface area contributed by atoms with E-state index in [0.29, 0.717) is 0 Å². The summed E-state index contributed by atoms with van der Waals surface area (Å²) in [7, 11) is 0. The Bertz CT molecular complexity index is 760. The molecule has 0 nitrogen and oxygen atoms in total. The van der Waals surface area contributed by atoms with Gasteiger partial charge in [-0.3, -0.25) is 0 Å². The van der Waals surface area contributed by atoms with Gasteiger partial charge in [0, 0.05) is 0 Å². The van der Waals surface area contributed by atoms with Crippen molar-refractivity contribution in [2.24, 2.45) is 0 Å². The van der Waals surface area contributed by atoms with Crippen molar-refractivity contribution in [1.82, 2.24) is 0 Å². The Balaban J connectivity index is 2.08. The Morgan fingerprint density at radius 3 is 2.00 bits per heavy atom. The smallest absolute Gasteiger partial charge is 0.00257 e. The average Bonchev–Trinajstić information content (AvgIpc) is 2.59. The summed E-state index contributed by atoms with van der Waals surface area (Å²) >= 11 is 0. The Labute approximate surface area is 153 Å². The standard InChI is InChI=1S/C25H30/c1-7-8-9-19(2)22-12-14-23(15-13-22)20(3)18-21-10-16-24(17-11-21)25(4,5)6/h7-17H,3,18H2,1-2,4-6H3/b8-7-,19-9+. The molecule has 0 aliphatic rings. The molecule has 0 aliphatic heterocycles. The van der Waals surface area contributed by atoms with E-state index in [0.717, 1.165) is 12.0 Å². The minimum Gasteiger partial charge on any atom is -0.0949 e. The Morgan fingerprint density at radius 1 is 0.920 bits per heavy atom. The lowest BCUT2D eigenvalue weighted by Gasteiger charge is -2.19. The summed E-state index contributed by atoms with van der Waals surface area (Å²) in [5.41, 5.74) is 7.77. The largest absolute Gasteiger partial charge is 0.0949 e. The molecule has 2 aromatic carbocycles. The molecule has 130 valence electrons. The Morgan fingerprint density at radius 2 is 1.48 bits per heavy atom. The number of benzene rings is 2. The maximum atomic E-state index is 4.29. The van der Waals surface area contributed by atoms with Gasteiger partial charge in [-0.2, -0.15) is 0 Å². The summed E-state index contributed by atoms with van der Waals surface area (Å²) in [5.74, 6) is 0. The summed E-state index contributed by atoms with van der Waals surface area (Å²) in [6.45, 7) is 15.2. The first-order valence-electron chi connectivity index (χ1n) is 8.99. The van der Waals surface area contributed by atoms with Crippen molar-refractivity contribution < 1.29 is 0 Å². The summed E-state index contributed by atoms with van der Waals surface area (Å²) < 4.78 is 0. The van der Waals surface area contributed by atoms with Crippen molar-refractivity contribution in [3.05, 3.63) is 95.6 Å². The van der Waals surface area contributed by atoms with Gasteiger partial charge in [-0.1, -0.05) is 94.1 Å². The quantitative estimate of drug-likeness (QED) is 0.508. The molecule has 0 aromatic heterocycles. The van der Waals surface area contributed by atoms with Crippen LogP contribution in [0, 0.1) is 0 Å². The van der Waals surface area contributed by atoms with Crippen molar-refractivity contribution in [3.8, 4) is 0 Å². The van der Waals surface area contributed by atoms with Crippen LogP contribution in [0.2, 0.25) is 0 Å². The third kappa shape index (κ3) is 5.32. The van der Waals surface area contributed by atoms with Crippen LogP contribution in [0.4, 0.5) is 0 Å². The summed E-state index contributed by atoms with van der Waals surface area (Å²) in [6.07, 6.45) is 7.14. The van der Waals surface area contributed by atoms with E-state index in [9.17, 15) is 0 Å². The van der Waals surface area contributed by atoms with E-state index in [4.69, 9.17) is 0 Å². The minimum absolute atomic E-state index is 0.198. The Hall–Kier alpha value is -2.34. The number of hydrogen-bond acceptors (Lipinski definition) is 0. The maximum absolute atomic E-state index is 4.29. The van der Waals surface area contributed by atoms with Crippen LogP contribution >= 0.6 is 0 Å². The SMILES string of the molecule is C=C(Cc1ccc(C(C)(C)C)cc1)c1ccc(/C(C)=C/C=C\C)cc1. The van der Waals surface area contributed by atoms with Crippen LogP contribution in [0.25, 0.3) is 11.1 Å². The van der Waals surface area contributed by atoms with Gasteiger partial charge >= 0.3 is 0 Å². The topological polar surface area (TPSA) is 0 Å². The van der Waals surface area contributed by atoms with E-state index >= 15 is 0 Å². The van der Waals surface area contributed by atoms with Gasteiger partial charge < -0.3 is 0 Å². The molecular formula is C25H30. The van der Waals surface area contributed by atoms with E-state index in [2.05, 4.69) is 95.0 Å². The van der Waals surface area contributed by atoms with Crippen molar-refractivity contribution >= 4 is 11.1 Å². The highest BCUT2D eigenvalue weighted by molar-refractivity contribution is 5.70. The maximum Gasteiger partial charge on any atom is -0.00257 e. The van der Waals surface area contributed by atoms with E-state index in [1.54, 1.807) is 0 Å². The van der Waals surface area contributed by atoms with Gasteiger partial charge in [-0.15, -0.1) is 0 Å². The van der Waals surface area contributed by atoms with Crippen LogP contribution in [0.5, 0.6) is 0 Å². The molecule has 0 bridgehead atoms. The van der Waals surface area contributed by atoms with Crippen LogP contribution in [-0.4, -0.2) is 0 Å². The zero-order chi connectivity index (χ0) is 18.4. The molecule has 0 unspecified atom stereocenters. The van der Waals surface area contributed by atoms with Crippen LogP contribution in [0.15, 0.2) is 73.3 Å². The molecule has 2 aromatic rings. The molecule has 0 heterocycles. The molecular weight excluding hydrogens is 300 g/mol. The van der Waals surface area contributed by atoms with Crippen molar-refractivity contribution in [3.63, 3.8) is 0 Å². The molecule has 0 radical (unpaired) electrons. The first-order chi connectivity index (χ1) is 11.8. The van der Waals surface area contributed by atoms with Crippen LogP contribution in [0.3, 0.4) is 0 Å². The fourth-order valence-electron chi connectivity index (χ4n) is 2.78. The molecule has 0 aliphatic carbocycles. The van der Waals surface area contributed by atoms with Crippen LogP contribution < -0.4 is 0 Å². The van der Waals surface area contributed by atoms with Crippen molar-refractivity contribution in [1.29, 1.82) is 0 Å². The lowest BCUT2D eigenvalue weighted by Crippen LogP contribution is -2.10. The Kier molecular flexibility index (Phi) is 6.20. The average molecular weight is 331 g/mol. The van der Waals surface area contributed by atoms with Crippen LogP contribution in [-0.2, 0) is 11.8 Å². The molecule has 0 N–H and O–H groups in total. The van der Waals surface area contributed by atoms with Crippen molar-refractivity contribution in [2.45, 2.75) is 46.5 Å². The van der Waals surface area contributed by atoms with Gasteiger partial charge in [0.05, 0.1) is 0 Å². The molecule has 0 saturated heterocycles. The van der Waals surface area contributed by atoms with E-state index in [1.807, 2.05) is 13.0 Å². The highest BCUT2D eigenvalue weighted by atomic mass is 14.2. The van der Waals surface area contributed by atoms with E-state index < -0.39 is 0 Å². The van der Waals surface area contributed by atoms with Crippen molar-refractivity contribution in [2.75, 3.05) is 0 Å². The predicted octanol–water partition coefficient (Wildman–Crippen LogP) is 7.22. The van der Waals surface area contributed by atoms with E-state index in [1.165, 1.54) is 27.8 Å². The highest BCUT2D eigenvalue weighted by Gasteiger charge is 2.13. The van der Waals surface area contributed by atoms with Gasteiger partial charge in [-0.05, 0) is 59.1 Å². The summed E-state index contributed by atoms with van der Waals surface area (Å²) in [5, 5.41) is 0. The zero-order valence-corrected chi connectivity index (χ0v) is 16.3. The highest BCUT2D eigenvalue weighted by Crippen LogP contribution is 2.25. The predicted molar refractivity (Wildman–Crippen MR) is 113 cm³/mol. The van der Waals surface area contributed by atoms with Gasteiger partial charge in [0.2, 0.25) is 0 Å². The molecule has 0 spiro atoms. The molecule has 0 saturated carbocycles. The summed E-state index contributed by atoms with van der Waals surface area (Å²) in [6, 6.07) is 17.6. The third-order valence-electron chi connectivity index (χ3n) is 4.52. The first-order valence-corrected chi connectivity index (χ1v) is 8.99. The van der Waals surface area contributed by atoms with Gasteiger partial charge in [0.15, 0.2) is 0 Å². The zero-order valence-electron chi connectivity index (χ0n) is 16.3. The van der Waals surface area contributed by atoms with Gasteiger partial charge in [-0.25, -0.2) is 0 Å². The monoisotopic (exact) mass is 330 g/mol. The molecule has 0 heteroatoms. The second-order valence-corrected chi connectivity index (χ2v) is 7.68. The first kappa shape index (κ1) is 19.0. The second-order valence-electron chi connectivity index (χ2n) is 7.68. The number of rotatable bonds is 5. The summed E-state index contributed by atoms with van der Waals surface area (Å²) in [4.78, 5) is 0. The third-order valence-corrected chi connectivity index (χ3v) is 4.52. The fourth-order valence-corrected chi connectivity index (χ4v) is 2.78. The molecule has 25 heavy (non-hydrogen) atoms. The number of allylic oxidation sites excluding steroid dienone is 5. The fraction of sp³-hybridized carbons (Fsp3) is 0.280. The molecule has 0 amide bonds. The minimum atomic E-state index is 0.198. The molecule has 0 fully saturated rings. The van der Waals surface area contributed by atoms with Crippen LogP contribution in [0.1, 0.15) is 56.9 Å². The lowest BCUT2D eigenvalue weighted by atomic mass is 9.86. The second kappa shape index (κ2) is 8.16. The van der Waals surface area contributed by atoms with E-state index in [-0.39, 0.29) is 5.41 Å². The normalized spacial score (nSPS) is 12.6. The molecule has 2 rings (SSSR count). The van der Waals surface area contributed by atoms with Gasteiger partial charge in [0.1, 0.15) is 0 Å². The number of hydrogen-bond donors (Lipinski definition) is 0. The molecule has 0 atom stereocenters. The van der Waals surface area contributed by atoms with Gasteiger partial charge in [0.25, 0.3) is 0 Å². The lowest BCUT2D eigenvalue weighted by molar-refractivity contribution is 0.590.